The van der Waals surface area contributed by atoms with Gasteiger partial charge in [-0.15, -0.1) is 0 Å². The first-order valence-corrected chi connectivity index (χ1v) is 14.6. The quantitative estimate of drug-likeness (QED) is 0.574. The van der Waals surface area contributed by atoms with Gasteiger partial charge in [-0.3, -0.25) is 0 Å². The molecule has 10 saturated heterocycles. The summed E-state index contributed by atoms with van der Waals surface area (Å²) in [6, 6.07) is 11.5. The van der Waals surface area contributed by atoms with Crippen molar-refractivity contribution in [2.75, 3.05) is 0 Å². The predicted octanol–water partition coefficient (Wildman–Crippen LogP) is 4.63. The zero-order chi connectivity index (χ0) is 13.4. The van der Waals surface area contributed by atoms with Gasteiger partial charge < -0.3 is 0 Å². The molecule has 5 unspecified atom stereocenters. The van der Waals surface area contributed by atoms with Gasteiger partial charge in [-0.2, -0.15) is 0 Å². The van der Waals surface area contributed by atoms with Gasteiger partial charge in [0.05, 0.1) is 0 Å². The average Bonchev–Trinajstić information content (AvgIpc) is 3.44. The van der Waals surface area contributed by atoms with Crippen molar-refractivity contribution in [3.05, 3.63) is 42.0 Å². The molecule has 0 aliphatic carbocycles. The number of allylic oxidation sites excluding steroid dienone is 1. The number of rotatable bonds is 2. The van der Waals surface area contributed by atoms with Crippen molar-refractivity contribution in [3.8, 4) is 0 Å². The average molecular weight is 316 g/mol. The second kappa shape index (κ2) is 0.731. The summed E-state index contributed by atoms with van der Waals surface area (Å²) < 4.78 is 1.76. The third-order valence-electron chi connectivity index (χ3n) is 17.4. The molecule has 0 bridgehead atoms. The summed E-state index contributed by atoms with van der Waals surface area (Å²) in [5.41, 5.74) is 1.68. The summed E-state index contributed by atoms with van der Waals surface area (Å²) in [4.78, 5) is 19.9. The van der Waals surface area contributed by atoms with Crippen LogP contribution in [0.4, 0.5) is 0 Å². The van der Waals surface area contributed by atoms with Crippen molar-refractivity contribution in [2.45, 2.75) is 53.6 Å². The van der Waals surface area contributed by atoms with Crippen LogP contribution >= 0.6 is 0 Å². The number of fused-ring (bicyclic) bond motifs is 10. The van der Waals surface area contributed by atoms with Crippen LogP contribution in [0.25, 0.3) is 0 Å². The van der Waals surface area contributed by atoms with Crippen LogP contribution in [-0.2, 0) is 15.6 Å². The van der Waals surface area contributed by atoms with Crippen LogP contribution in [0, 0.1) is 0 Å². The molecule has 0 radical (unpaired) electrons. The number of carbonyl (C=O) groups excluding carboxylic acids is 1. The zero-order valence-electron chi connectivity index (χ0n) is 11.8. The number of benzene rings is 1. The normalized spacial score (nSPS) is 105. The van der Waals surface area contributed by atoms with Crippen LogP contribution < -0.4 is 0 Å². The van der Waals surface area contributed by atoms with Crippen molar-refractivity contribution >= 4 is 5.94 Å². The van der Waals surface area contributed by atoms with E-state index >= 15 is 0 Å². The summed E-state index contributed by atoms with van der Waals surface area (Å²) in [5.74, 6) is 2.36. The molecule has 11 rings (SSSR count). The second-order valence-electron chi connectivity index (χ2n) is 11.9. The molecule has 0 saturated carbocycles. The van der Waals surface area contributed by atoms with E-state index in [-0.39, 0.29) is 0 Å². The van der Waals surface area contributed by atoms with Crippen LogP contribution in [0.15, 0.2) is 36.4 Å². The van der Waals surface area contributed by atoms with E-state index in [0.717, 1.165) is 9.13 Å². The predicted molar refractivity (Wildman–Crippen MR) is 75.7 cm³/mol. The molecule has 2 heteroatoms. The molecular weight excluding hydrogens is 300 g/mol. The van der Waals surface area contributed by atoms with Crippen molar-refractivity contribution in [2.24, 2.45) is 0 Å². The van der Waals surface area contributed by atoms with E-state index in [1.54, 1.807) is 5.56 Å². The Morgan fingerprint density at radius 1 is 1.05 bits per heavy atom. The Kier molecular flexibility index (Phi) is 0.284. The number of hydrogen-bond acceptors (Lipinski definition) is 1. The molecule has 1 spiro atoms. The fourth-order valence-electron chi connectivity index (χ4n) is 20.3. The van der Waals surface area contributed by atoms with Gasteiger partial charge in [0.2, 0.25) is 0 Å². The SMILES string of the molecule is C[C]12[CH]3[CH]4[C]5(C=C=O)[C]1(c1ccccc1)[Fe]34251678[CH]2[CH]1[CH]6[CH]7[CH]28. The van der Waals surface area contributed by atoms with Crippen molar-refractivity contribution < 1.29 is 11.3 Å². The van der Waals surface area contributed by atoms with Gasteiger partial charge in [-0.05, 0) is 0 Å². The summed E-state index contributed by atoms with van der Waals surface area (Å²) in [5, 5.41) is 0. The van der Waals surface area contributed by atoms with E-state index in [0.29, 0.717) is 8.63 Å². The minimum absolute atomic E-state index is 0.458. The maximum atomic E-state index is 11.5. The molecule has 10 fully saturated rings. The molecule has 1 aromatic carbocycles. The molecular formula is C19H16FeO. The Labute approximate surface area is 113 Å². The molecule has 0 amide bonds. The second-order valence-corrected chi connectivity index (χ2v) is 35.1. The zero-order valence-corrected chi connectivity index (χ0v) is 12.9. The third-order valence-corrected chi connectivity index (χ3v) is 62.1. The molecule has 5 atom stereocenters. The molecule has 10 aliphatic rings. The fraction of sp³-hybridized carbons (Fsp3) is 0.579. The van der Waals surface area contributed by atoms with Gasteiger partial charge in [0, 0.05) is 0 Å². The van der Waals surface area contributed by atoms with Crippen LogP contribution in [0.1, 0.15) is 12.5 Å². The first kappa shape index (κ1) is 8.16. The molecule has 106 valence electrons. The molecule has 1 nitrogen and oxygen atoms in total. The first-order valence-electron chi connectivity index (χ1n) is 8.48. The van der Waals surface area contributed by atoms with Gasteiger partial charge in [-0.1, -0.05) is 0 Å². The Hall–Kier alpha value is -0.811. The third kappa shape index (κ3) is 0.0851. The topological polar surface area (TPSA) is 17.1 Å². The molecule has 10 aliphatic heterocycles. The van der Waals surface area contributed by atoms with Crippen LogP contribution in [0.5, 0.6) is 0 Å². The first-order chi connectivity index (χ1) is 10.00. The standard InChI is InChI=1S/C14H11O.C5H5.Fe/c1-11-7-8-13(9-10-15)14(11)12-5-3-2-4-6-12;1-2-4-5-3-1;/h2-9H,1H3;1-5H;. The fourth-order valence-corrected chi connectivity index (χ4v) is 98.9. The van der Waals surface area contributed by atoms with E-state index in [1.807, 2.05) is 0 Å². The van der Waals surface area contributed by atoms with E-state index in [9.17, 15) is 4.79 Å². The van der Waals surface area contributed by atoms with Crippen LogP contribution in [0.2, 0.25) is 42.3 Å². The summed E-state index contributed by atoms with van der Waals surface area (Å²) in [6.07, 6.45) is 2.17. The molecule has 0 aromatic heterocycles. The van der Waals surface area contributed by atoms with Gasteiger partial charge in [0.15, 0.2) is 0 Å². The Morgan fingerprint density at radius 3 is 2.14 bits per heavy atom. The molecule has 0 N–H and O–H groups in total. The molecule has 1 aromatic rings. The monoisotopic (exact) mass is 316 g/mol. The van der Waals surface area contributed by atoms with E-state index in [1.165, 1.54) is 28.9 Å². The Bertz CT molecular complexity index is 1340. The summed E-state index contributed by atoms with van der Waals surface area (Å²) >= 11 is 0. The molecule has 10 heterocycles. The van der Waals surface area contributed by atoms with Crippen molar-refractivity contribution in [3.63, 3.8) is 0 Å². The van der Waals surface area contributed by atoms with Gasteiger partial charge >= 0.3 is 113 Å². The minimum atomic E-state index is -3.55. The molecule has 21 heavy (non-hydrogen) atoms. The summed E-state index contributed by atoms with van der Waals surface area (Å²) in [7, 11) is 0. The van der Waals surface area contributed by atoms with Crippen molar-refractivity contribution in [1.29, 1.82) is 0 Å². The maximum absolute atomic E-state index is 11.5. The van der Waals surface area contributed by atoms with Gasteiger partial charge in [0.25, 0.3) is 0 Å². The van der Waals surface area contributed by atoms with Gasteiger partial charge in [0.1, 0.15) is 0 Å². The van der Waals surface area contributed by atoms with E-state index in [2.05, 4.69) is 49.3 Å². The van der Waals surface area contributed by atoms with E-state index in [4.69, 9.17) is 0 Å². The van der Waals surface area contributed by atoms with Gasteiger partial charge in [-0.25, -0.2) is 0 Å². The van der Waals surface area contributed by atoms with Crippen LogP contribution in [0.3, 0.4) is 0 Å². The number of hydrogen-bond donors (Lipinski definition) is 0. The Morgan fingerprint density at radius 2 is 1.67 bits per heavy atom. The summed E-state index contributed by atoms with van der Waals surface area (Å²) in [6.45, 7) is -0.816. The Balaban J connectivity index is 1.61. The van der Waals surface area contributed by atoms with Crippen molar-refractivity contribution in [1.82, 2.24) is 0 Å². The van der Waals surface area contributed by atoms with Crippen LogP contribution in [-0.4, -0.2) is 5.94 Å². The van der Waals surface area contributed by atoms with E-state index < -0.39 is 6.51 Å².